The fourth-order valence-corrected chi connectivity index (χ4v) is 3.39. The maximum absolute atomic E-state index is 12.8. The summed E-state index contributed by atoms with van der Waals surface area (Å²) >= 11 is 3.40. The van der Waals surface area contributed by atoms with Gasteiger partial charge in [-0.05, 0) is 61.4 Å². The van der Waals surface area contributed by atoms with Gasteiger partial charge in [-0.1, -0.05) is 53.2 Å². The van der Waals surface area contributed by atoms with E-state index in [4.69, 9.17) is 4.74 Å². The Labute approximate surface area is 191 Å². The Morgan fingerprint density at radius 3 is 2.35 bits per heavy atom. The third-order valence-corrected chi connectivity index (χ3v) is 5.19. The van der Waals surface area contributed by atoms with E-state index in [2.05, 4.69) is 26.6 Å². The van der Waals surface area contributed by atoms with Gasteiger partial charge in [0.2, 0.25) is 0 Å². The Morgan fingerprint density at radius 1 is 0.968 bits per heavy atom. The number of amides is 2. The number of anilines is 1. The van der Waals surface area contributed by atoms with Crippen molar-refractivity contribution in [1.29, 1.82) is 0 Å². The predicted octanol–water partition coefficient (Wildman–Crippen LogP) is 5.98. The summed E-state index contributed by atoms with van der Waals surface area (Å²) in [5, 5.41) is 5.85. The van der Waals surface area contributed by atoms with Crippen LogP contribution in [0.2, 0.25) is 0 Å². The van der Waals surface area contributed by atoms with E-state index in [1.54, 1.807) is 36.4 Å². The van der Waals surface area contributed by atoms with Gasteiger partial charge >= 0.3 is 0 Å². The number of carbonyl (C=O) groups excluding carboxylic acids is 2. The molecular formula is C25H25BrN2O3. The van der Waals surface area contributed by atoms with E-state index in [9.17, 15) is 9.59 Å². The van der Waals surface area contributed by atoms with Gasteiger partial charge in [0.1, 0.15) is 5.75 Å². The van der Waals surface area contributed by atoms with Gasteiger partial charge in [-0.2, -0.15) is 0 Å². The molecule has 0 heterocycles. The first-order valence-corrected chi connectivity index (χ1v) is 11.0. The van der Waals surface area contributed by atoms with Gasteiger partial charge in [-0.15, -0.1) is 0 Å². The zero-order valence-electron chi connectivity index (χ0n) is 17.5. The molecule has 3 rings (SSSR count). The average molecular weight is 481 g/mol. The van der Waals surface area contributed by atoms with Crippen LogP contribution in [0.4, 0.5) is 5.69 Å². The highest BCUT2D eigenvalue weighted by atomic mass is 79.9. The Balaban J connectivity index is 1.66. The number of ether oxygens (including phenoxy) is 1. The van der Waals surface area contributed by atoms with Crippen LogP contribution in [0.1, 0.15) is 52.6 Å². The molecule has 0 saturated heterocycles. The third kappa shape index (κ3) is 6.18. The van der Waals surface area contributed by atoms with Gasteiger partial charge in [-0.25, -0.2) is 0 Å². The van der Waals surface area contributed by atoms with Gasteiger partial charge < -0.3 is 15.4 Å². The van der Waals surface area contributed by atoms with E-state index in [0.717, 1.165) is 16.5 Å². The second-order valence-corrected chi connectivity index (χ2v) is 8.04. The van der Waals surface area contributed by atoms with E-state index in [1.807, 2.05) is 50.2 Å². The van der Waals surface area contributed by atoms with E-state index < -0.39 is 0 Å². The molecule has 1 atom stereocenters. The lowest BCUT2D eigenvalue weighted by atomic mass is 10.1. The largest absolute Gasteiger partial charge is 0.493 e. The number of hydrogen-bond donors (Lipinski definition) is 2. The van der Waals surface area contributed by atoms with E-state index in [-0.39, 0.29) is 17.9 Å². The van der Waals surface area contributed by atoms with Crippen LogP contribution in [0, 0.1) is 0 Å². The molecular weight excluding hydrogens is 456 g/mol. The number of halogens is 1. The van der Waals surface area contributed by atoms with Crippen molar-refractivity contribution in [2.45, 2.75) is 26.3 Å². The van der Waals surface area contributed by atoms with Crippen LogP contribution in [-0.4, -0.2) is 18.4 Å². The summed E-state index contributed by atoms with van der Waals surface area (Å²) < 4.78 is 6.48. The maximum atomic E-state index is 12.8. The van der Waals surface area contributed by atoms with Gasteiger partial charge in [0.25, 0.3) is 11.8 Å². The van der Waals surface area contributed by atoms with Crippen molar-refractivity contribution >= 4 is 33.4 Å². The molecule has 1 unspecified atom stereocenters. The molecule has 0 aliphatic heterocycles. The lowest BCUT2D eigenvalue weighted by molar-refractivity contribution is 0.0939. The molecule has 3 aromatic carbocycles. The third-order valence-electron chi connectivity index (χ3n) is 4.70. The minimum Gasteiger partial charge on any atom is -0.493 e. The molecule has 0 aliphatic rings. The van der Waals surface area contributed by atoms with Crippen LogP contribution in [-0.2, 0) is 0 Å². The molecule has 0 bridgehead atoms. The summed E-state index contributed by atoms with van der Waals surface area (Å²) in [5.41, 5.74) is 2.60. The molecule has 0 aromatic heterocycles. The highest BCUT2D eigenvalue weighted by Gasteiger charge is 2.15. The standard InChI is InChI=1S/C25H25BrN2O3/c1-3-15-31-23-14-11-20(26)16-22(23)25(30)28-21-12-9-19(10-13-21)24(29)27-17(2)18-7-5-4-6-8-18/h4-14,16-17H,3,15H2,1-2H3,(H,27,29)(H,28,30). The normalized spacial score (nSPS) is 11.5. The van der Waals surface area contributed by atoms with Crippen LogP contribution in [0.5, 0.6) is 5.75 Å². The van der Waals surface area contributed by atoms with Crippen molar-refractivity contribution in [3.8, 4) is 5.75 Å². The van der Waals surface area contributed by atoms with Crippen molar-refractivity contribution < 1.29 is 14.3 Å². The molecule has 2 N–H and O–H groups in total. The molecule has 6 heteroatoms. The Hall–Kier alpha value is -3.12. The fourth-order valence-electron chi connectivity index (χ4n) is 3.03. The lowest BCUT2D eigenvalue weighted by Crippen LogP contribution is -2.26. The first-order valence-electron chi connectivity index (χ1n) is 10.2. The number of rotatable bonds is 8. The van der Waals surface area contributed by atoms with Gasteiger partial charge in [0, 0.05) is 15.7 Å². The van der Waals surface area contributed by atoms with Crippen molar-refractivity contribution in [3.05, 3.63) is 94.0 Å². The molecule has 5 nitrogen and oxygen atoms in total. The molecule has 0 fully saturated rings. The summed E-state index contributed by atoms with van der Waals surface area (Å²) in [6, 6.07) is 21.8. The highest BCUT2D eigenvalue weighted by molar-refractivity contribution is 9.10. The monoisotopic (exact) mass is 480 g/mol. The molecule has 0 spiro atoms. The van der Waals surface area contributed by atoms with Crippen LogP contribution in [0.25, 0.3) is 0 Å². The fraction of sp³-hybridized carbons (Fsp3) is 0.200. The van der Waals surface area contributed by atoms with E-state index in [1.165, 1.54) is 0 Å². The summed E-state index contributed by atoms with van der Waals surface area (Å²) in [5.74, 6) is 0.0900. The highest BCUT2D eigenvalue weighted by Crippen LogP contribution is 2.25. The molecule has 0 radical (unpaired) electrons. The minimum absolute atomic E-state index is 0.105. The summed E-state index contributed by atoms with van der Waals surface area (Å²) in [4.78, 5) is 25.3. The first kappa shape index (κ1) is 22.6. The van der Waals surface area contributed by atoms with Gasteiger partial charge in [0.15, 0.2) is 0 Å². The Bertz CT molecular complexity index is 1040. The molecule has 0 saturated carbocycles. The molecule has 160 valence electrons. The molecule has 0 aliphatic carbocycles. The van der Waals surface area contributed by atoms with E-state index >= 15 is 0 Å². The van der Waals surface area contributed by atoms with Crippen molar-refractivity contribution in [1.82, 2.24) is 5.32 Å². The number of hydrogen-bond acceptors (Lipinski definition) is 3. The summed E-state index contributed by atoms with van der Waals surface area (Å²) in [6.45, 7) is 4.49. The predicted molar refractivity (Wildman–Crippen MR) is 127 cm³/mol. The second-order valence-electron chi connectivity index (χ2n) is 7.13. The van der Waals surface area contributed by atoms with Crippen molar-refractivity contribution in [2.75, 3.05) is 11.9 Å². The zero-order chi connectivity index (χ0) is 22.2. The summed E-state index contributed by atoms with van der Waals surface area (Å²) in [6.07, 6.45) is 0.851. The van der Waals surface area contributed by atoms with Crippen molar-refractivity contribution in [3.63, 3.8) is 0 Å². The van der Waals surface area contributed by atoms with Crippen molar-refractivity contribution in [2.24, 2.45) is 0 Å². The number of nitrogens with one attached hydrogen (secondary N) is 2. The Morgan fingerprint density at radius 2 is 1.68 bits per heavy atom. The maximum Gasteiger partial charge on any atom is 0.259 e. The first-order chi connectivity index (χ1) is 15.0. The molecule has 3 aromatic rings. The molecule has 2 amide bonds. The van der Waals surface area contributed by atoms with Crippen LogP contribution < -0.4 is 15.4 Å². The summed E-state index contributed by atoms with van der Waals surface area (Å²) in [7, 11) is 0. The number of benzene rings is 3. The quantitative estimate of drug-likeness (QED) is 0.416. The second kappa shape index (κ2) is 10.8. The van der Waals surface area contributed by atoms with Gasteiger partial charge in [0.05, 0.1) is 18.2 Å². The smallest absolute Gasteiger partial charge is 0.259 e. The van der Waals surface area contributed by atoms with Crippen LogP contribution in [0.15, 0.2) is 77.3 Å². The SMILES string of the molecule is CCCOc1ccc(Br)cc1C(=O)Nc1ccc(C(=O)NC(C)c2ccccc2)cc1. The minimum atomic E-state index is -0.276. The Kier molecular flexibility index (Phi) is 7.84. The van der Waals surface area contributed by atoms with Gasteiger partial charge in [-0.3, -0.25) is 9.59 Å². The van der Waals surface area contributed by atoms with Crippen LogP contribution >= 0.6 is 15.9 Å². The van der Waals surface area contributed by atoms with Crippen LogP contribution in [0.3, 0.4) is 0 Å². The topological polar surface area (TPSA) is 67.4 Å². The zero-order valence-corrected chi connectivity index (χ0v) is 19.1. The number of carbonyl (C=O) groups is 2. The lowest BCUT2D eigenvalue weighted by Gasteiger charge is -2.15. The van der Waals surface area contributed by atoms with E-state index in [0.29, 0.717) is 29.2 Å². The average Bonchev–Trinajstić information content (AvgIpc) is 2.79. The molecule has 31 heavy (non-hydrogen) atoms.